The van der Waals surface area contributed by atoms with Crippen molar-refractivity contribution in [1.29, 1.82) is 0 Å². The summed E-state index contributed by atoms with van der Waals surface area (Å²) in [6.45, 7) is 8.23. The van der Waals surface area contributed by atoms with Crippen LogP contribution in [0.3, 0.4) is 0 Å². The highest BCUT2D eigenvalue weighted by Gasteiger charge is 2.21. The first-order chi connectivity index (χ1) is 12.9. The first-order valence-electron chi connectivity index (χ1n) is 9.22. The Hall–Kier alpha value is -2.82. The van der Waals surface area contributed by atoms with Crippen molar-refractivity contribution in [3.8, 4) is 5.75 Å². The van der Waals surface area contributed by atoms with Gasteiger partial charge in [0, 0.05) is 23.2 Å². The molecule has 0 fully saturated rings. The number of carbonyl (C=O) groups is 2. The molecule has 0 aliphatic heterocycles. The highest BCUT2D eigenvalue weighted by molar-refractivity contribution is 6.00. The molecule has 0 aliphatic rings. The Morgan fingerprint density at radius 2 is 1.74 bits per heavy atom. The topological polar surface area (TPSA) is 58.6 Å². The van der Waals surface area contributed by atoms with Crippen LogP contribution in [0, 0.1) is 20.8 Å². The van der Waals surface area contributed by atoms with Crippen molar-refractivity contribution in [2.75, 3.05) is 13.7 Å². The number of methoxy groups -OCH3 is 1. The third-order valence-electron chi connectivity index (χ3n) is 4.44. The standard InChI is InChI=1S/C22H28N2O3/c1-6-7-11-24(22(26)19-9-8-10-20(27-5)17(19)4)23-21(25)18-13-15(2)12-16(3)14-18/h8-10,12-14H,6-7,11H2,1-5H3,(H,23,25). The quantitative estimate of drug-likeness (QED) is 0.777. The van der Waals surface area contributed by atoms with Gasteiger partial charge in [-0.3, -0.25) is 15.0 Å². The number of hydrogen-bond donors (Lipinski definition) is 1. The average molecular weight is 368 g/mol. The molecule has 0 aliphatic carbocycles. The zero-order valence-electron chi connectivity index (χ0n) is 16.8. The van der Waals surface area contributed by atoms with Crippen molar-refractivity contribution >= 4 is 11.8 Å². The fraction of sp³-hybridized carbons (Fsp3) is 0.364. The van der Waals surface area contributed by atoms with E-state index in [-0.39, 0.29) is 11.8 Å². The lowest BCUT2D eigenvalue weighted by Gasteiger charge is -2.24. The van der Waals surface area contributed by atoms with Crippen molar-refractivity contribution in [2.45, 2.75) is 40.5 Å². The Kier molecular flexibility index (Phi) is 6.99. The first-order valence-corrected chi connectivity index (χ1v) is 9.22. The molecule has 27 heavy (non-hydrogen) atoms. The van der Waals surface area contributed by atoms with Gasteiger partial charge in [0.1, 0.15) is 5.75 Å². The molecule has 2 rings (SSSR count). The zero-order valence-corrected chi connectivity index (χ0v) is 16.8. The maximum atomic E-state index is 13.1. The molecular formula is C22H28N2O3. The molecule has 2 aromatic rings. The van der Waals surface area contributed by atoms with E-state index in [9.17, 15) is 9.59 Å². The summed E-state index contributed by atoms with van der Waals surface area (Å²) in [6.07, 6.45) is 1.71. The summed E-state index contributed by atoms with van der Waals surface area (Å²) in [6, 6.07) is 11.0. The van der Waals surface area contributed by atoms with Crippen LogP contribution in [0.5, 0.6) is 5.75 Å². The Labute approximate surface area is 161 Å². The molecule has 2 aromatic carbocycles. The summed E-state index contributed by atoms with van der Waals surface area (Å²) in [5.41, 5.74) is 6.63. The molecule has 0 heterocycles. The molecule has 0 saturated carbocycles. The molecule has 0 spiro atoms. The number of carbonyl (C=O) groups excluding carboxylic acids is 2. The summed E-state index contributed by atoms with van der Waals surface area (Å²) in [4.78, 5) is 25.8. The molecule has 0 unspecified atom stereocenters. The average Bonchev–Trinajstić information content (AvgIpc) is 2.63. The SMILES string of the molecule is CCCCN(NC(=O)c1cc(C)cc(C)c1)C(=O)c1cccc(OC)c1C. The maximum Gasteiger partial charge on any atom is 0.272 e. The summed E-state index contributed by atoms with van der Waals surface area (Å²) in [5, 5.41) is 1.41. The van der Waals surface area contributed by atoms with Crippen LogP contribution in [-0.2, 0) is 0 Å². The molecule has 144 valence electrons. The molecule has 0 radical (unpaired) electrons. The van der Waals surface area contributed by atoms with Crippen LogP contribution in [0.4, 0.5) is 0 Å². The second kappa shape index (κ2) is 9.21. The van der Waals surface area contributed by atoms with E-state index in [1.165, 1.54) is 5.01 Å². The number of rotatable bonds is 6. The minimum absolute atomic E-state index is 0.238. The normalized spacial score (nSPS) is 10.4. The van der Waals surface area contributed by atoms with Crippen LogP contribution < -0.4 is 10.2 Å². The molecular weight excluding hydrogens is 340 g/mol. The van der Waals surface area contributed by atoms with E-state index in [2.05, 4.69) is 5.43 Å². The van der Waals surface area contributed by atoms with E-state index in [4.69, 9.17) is 4.74 Å². The van der Waals surface area contributed by atoms with E-state index in [0.717, 1.165) is 29.5 Å². The lowest BCUT2D eigenvalue weighted by atomic mass is 10.1. The van der Waals surface area contributed by atoms with Crippen molar-refractivity contribution in [2.24, 2.45) is 0 Å². The fourth-order valence-corrected chi connectivity index (χ4v) is 3.03. The molecule has 0 aromatic heterocycles. The molecule has 1 N–H and O–H groups in total. The summed E-state index contributed by atoms with van der Waals surface area (Å²) in [5.74, 6) is 0.126. The fourth-order valence-electron chi connectivity index (χ4n) is 3.03. The van der Waals surface area contributed by atoms with Gasteiger partial charge in [-0.15, -0.1) is 0 Å². The Bertz CT molecular complexity index is 810. The smallest absolute Gasteiger partial charge is 0.272 e. The number of aryl methyl sites for hydroxylation is 2. The van der Waals surface area contributed by atoms with E-state index in [1.807, 2.05) is 52.0 Å². The van der Waals surface area contributed by atoms with Gasteiger partial charge in [0.2, 0.25) is 0 Å². The summed E-state index contributed by atoms with van der Waals surface area (Å²) < 4.78 is 5.32. The minimum atomic E-state index is -0.285. The van der Waals surface area contributed by atoms with E-state index in [1.54, 1.807) is 19.2 Å². The maximum absolute atomic E-state index is 13.1. The first kappa shape index (κ1) is 20.5. The Morgan fingerprint density at radius 1 is 1.07 bits per heavy atom. The molecule has 0 atom stereocenters. The lowest BCUT2D eigenvalue weighted by molar-refractivity contribution is 0.0579. The Morgan fingerprint density at radius 3 is 2.33 bits per heavy atom. The van der Waals surface area contributed by atoms with Crippen LogP contribution in [0.2, 0.25) is 0 Å². The van der Waals surface area contributed by atoms with Crippen molar-refractivity contribution in [1.82, 2.24) is 10.4 Å². The number of hydrazine groups is 1. The summed E-state index contributed by atoms with van der Waals surface area (Å²) in [7, 11) is 1.58. The molecule has 2 amide bonds. The van der Waals surface area contributed by atoms with Crippen LogP contribution >= 0.6 is 0 Å². The third-order valence-corrected chi connectivity index (χ3v) is 4.44. The van der Waals surface area contributed by atoms with Gasteiger partial charge in [-0.1, -0.05) is 36.6 Å². The van der Waals surface area contributed by atoms with Gasteiger partial charge >= 0.3 is 0 Å². The van der Waals surface area contributed by atoms with Crippen molar-refractivity contribution < 1.29 is 14.3 Å². The van der Waals surface area contributed by atoms with Gasteiger partial charge in [-0.05, 0) is 51.5 Å². The van der Waals surface area contributed by atoms with Crippen LogP contribution in [0.25, 0.3) is 0 Å². The lowest BCUT2D eigenvalue weighted by Crippen LogP contribution is -2.47. The van der Waals surface area contributed by atoms with Crippen molar-refractivity contribution in [3.63, 3.8) is 0 Å². The highest BCUT2D eigenvalue weighted by Crippen LogP contribution is 2.22. The van der Waals surface area contributed by atoms with Gasteiger partial charge in [0.15, 0.2) is 0 Å². The largest absolute Gasteiger partial charge is 0.496 e. The molecule has 0 saturated heterocycles. The summed E-state index contributed by atoms with van der Waals surface area (Å²) >= 11 is 0. The predicted molar refractivity (Wildman–Crippen MR) is 107 cm³/mol. The van der Waals surface area contributed by atoms with Gasteiger partial charge in [-0.2, -0.15) is 0 Å². The predicted octanol–water partition coefficient (Wildman–Crippen LogP) is 4.21. The number of hydrogen-bond acceptors (Lipinski definition) is 3. The van der Waals surface area contributed by atoms with E-state index < -0.39 is 0 Å². The second-order valence-corrected chi connectivity index (χ2v) is 6.76. The van der Waals surface area contributed by atoms with Crippen LogP contribution in [-0.4, -0.2) is 30.5 Å². The minimum Gasteiger partial charge on any atom is -0.496 e. The highest BCUT2D eigenvalue weighted by atomic mass is 16.5. The van der Waals surface area contributed by atoms with Crippen LogP contribution in [0.15, 0.2) is 36.4 Å². The second-order valence-electron chi connectivity index (χ2n) is 6.76. The molecule has 5 nitrogen and oxygen atoms in total. The molecule has 0 bridgehead atoms. The van der Waals surface area contributed by atoms with Gasteiger partial charge < -0.3 is 4.74 Å². The number of ether oxygens (including phenoxy) is 1. The number of nitrogens with one attached hydrogen (secondary N) is 1. The third kappa shape index (κ3) is 5.09. The zero-order chi connectivity index (χ0) is 20.0. The van der Waals surface area contributed by atoms with Crippen LogP contribution in [0.1, 0.15) is 57.2 Å². The number of benzene rings is 2. The van der Waals surface area contributed by atoms with Crippen molar-refractivity contribution in [3.05, 3.63) is 64.2 Å². The van der Waals surface area contributed by atoms with Gasteiger partial charge in [-0.25, -0.2) is 5.01 Å². The molecule has 5 heteroatoms. The monoisotopic (exact) mass is 368 g/mol. The Balaban J connectivity index is 2.29. The van der Waals surface area contributed by atoms with Gasteiger partial charge in [0.05, 0.1) is 7.11 Å². The van der Waals surface area contributed by atoms with E-state index >= 15 is 0 Å². The van der Waals surface area contributed by atoms with E-state index in [0.29, 0.717) is 23.4 Å². The number of amides is 2. The number of unbranched alkanes of at least 4 members (excludes halogenated alkanes) is 1. The van der Waals surface area contributed by atoms with Gasteiger partial charge in [0.25, 0.3) is 11.8 Å². The number of nitrogens with zero attached hydrogens (tertiary/aromatic N) is 1.